The first-order chi connectivity index (χ1) is 8.97. The molecule has 98 valence electrons. The molecule has 0 saturated heterocycles. The van der Waals surface area contributed by atoms with Crippen LogP contribution < -0.4 is 11.1 Å². The molecule has 2 aromatic carbocycles. The zero-order chi connectivity index (χ0) is 14.0. The highest BCUT2D eigenvalue weighted by atomic mass is 19.1. The van der Waals surface area contributed by atoms with E-state index < -0.39 is 5.97 Å². The van der Waals surface area contributed by atoms with E-state index in [2.05, 4.69) is 5.32 Å². The Morgan fingerprint density at radius 1 is 1.21 bits per heavy atom. The van der Waals surface area contributed by atoms with E-state index in [1.54, 1.807) is 25.1 Å². The zero-order valence-corrected chi connectivity index (χ0v) is 10.3. The van der Waals surface area contributed by atoms with Crippen LogP contribution in [0.5, 0.6) is 0 Å². The first kappa shape index (κ1) is 12.9. The molecule has 0 heterocycles. The third kappa shape index (κ3) is 2.82. The van der Waals surface area contributed by atoms with E-state index in [0.717, 1.165) is 5.56 Å². The Bertz CT molecular complexity index is 641. The fourth-order valence-corrected chi connectivity index (χ4v) is 1.72. The number of anilines is 3. The number of nitrogen functional groups attached to an aromatic ring is 1. The maximum Gasteiger partial charge on any atom is 0.337 e. The molecular formula is C14H13FN2O2. The molecule has 4 N–H and O–H groups in total. The van der Waals surface area contributed by atoms with Gasteiger partial charge >= 0.3 is 5.97 Å². The maximum atomic E-state index is 13.2. The zero-order valence-electron chi connectivity index (χ0n) is 10.3. The Morgan fingerprint density at radius 3 is 2.63 bits per heavy atom. The molecule has 0 atom stereocenters. The Morgan fingerprint density at radius 2 is 1.95 bits per heavy atom. The van der Waals surface area contributed by atoms with Crippen LogP contribution >= 0.6 is 0 Å². The lowest BCUT2D eigenvalue weighted by Crippen LogP contribution is -2.04. The summed E-state index contributed by atoms with van der Waals surface area (Å²) >= 11 is 0. The topological polar surface area (TPSA) is 75.3 Å². The number of aryl methyl sites for hydroxylation is 1. The number of nitrogens with one attached hydrogen (secondary N) is 1. The Hall–Kier alpha value is -2.56. The minimum absolute atomic E-state index is 0.0451. The molecule has 0 spiro atoms. The van der Waals surface area contributed by atoms with Crippen molar-refractivity contribution in [1.82, 2.24) is 0 Å². The summed E-state index contributed by atoms with van der Waals surface area (Å²) in [7, 11) is 0. The third-order valence-corrected chi connectivity index (χ3v) is 2.74. The van der Waals surface area contributed by atoms with Crippen molar-refractivity contribution in [3.05, 3.63) is 53.3 Å². The van der Waals surface area contributed by atoms with Crippen LogP contribution in [0.15, 0.2) is 36.4 Å². The molecule has 0 amide bonds. The van der Waals surface area contributed by atoms with Crippen LogP contribution in [0, 0.1) is 12.7 Å². The minimum atomic E-state index is -1.09. The van der Waals surface area contributed by atoms with Crippen molar-refractivity contribution in [2.45, 2.75) is 6.92 Å². The van der Waals surface area contributed by atoms with Gasteiger partial charge in [0.15, 0.2) is 0 Å². The van der Waals surface area contributed by atoms with Crippen LogP contribution in [0.4, 0.5) is 21.5 Å². The van der Waals surface area contributed by atoms with Crippen LogP contribution in [0.3, 0.4) is 0 Å². The number of hydrogen-bond acceptors (Lipinski definition) is 3. The number of carboxylic acids is 1. The molecular weight excluding hydrogens is 247 g/mol. The second-order valence-corrected chi connectivity index (χ2v) is 4.19. The highest BCUT2D eigenvalue weighted by Gasteiger charge is 2.11. The van der Waals surface area contributed by atoms with Gasteiger partial charge in [0.1, 0.15) is 5.82 Å². The summed E-state index contributed by atoms with van der Waals surface area (Å²) in [6.07, 6.45) is 0. The van der Waals surface area contributed by atoms with Crippen LogP contribution in [-0.4, -0.2) is 11.1 Å². The number of carbonyl (C=O) groups is 1. The van der Waals surface area contributed by atoms with E-state index in [1.807, 2.05) is 0 Å². The van der Waals surface area contributed by atoms with Crippen molar-refractivity contribution in [1.29, 1.82) is 0 Å². The molecule has 2 aromatic rings. The molecule has 0 aliphatic carbocycles. The molecule has 4 nitrogen and oxygen atoms in total. The van der Waals surface area contributed by atoms with Gasteiger partial charge in [0.2, 0.25) is 0 Å². The molecule has 5 heteroatoms. The van der Waals surface area contributed by atoms with Crippen molar-refractivity contribution in [2.24, 2.45) is 0 Å². The number of carboxylic acid groups (broad SMARTS) is 1. The fraction of sp³-hybridized carbons (Fsp3) is 0.0714. The van der Waals surface area contributed by atoms with Crippen molar-refractivity contribution in [2.75, 3.05) is 11.1 Å². The molecule has 0 bridgehead atoms. The first-order valence-electron chi connectivity index (χ1n) is 5.63. The Kier molecular flexibility index (Phi) is 3.37. The monoisotopic (exact) mass is 260 g/mol. The van der Waals surface area contributed by atoms with Gasteiger partial charge in [-0.05, 0) is 42.8 Å². The van der Waals surface area contributed by atoms with Crippen molar-refractivity contribution in [3.63, 3.8) is 0 Å². The molecule has 0 radical (unpaired) electrons. The average Bonchev–Trinajstić information content (AvgIpc) is 2.35. The summed E-state index contributed by atoms with van der Waals surface area (Å²) in [4.78, 5) is 11.1. The molecule has 0 aromatic heterocycles. The van der Waals surface area contributed by atoms with Gasteiger partial charge in [-0.3, -0.25) is 0 Å². The quantitative estimate of drug-likeness (QED) is 0.741. The molecule has 0 fully saturated rings. The highest BCUT2D eigenvalue weighted by molar-refractivity contribution is 5.96. The number of halogens is 1. The van der Waals surface area contributed by atoms with Crippen molar-refractivity contribution < 1.29 is 14.3 Å². The summed E-state index contributed by atoms with van der Waals surface area (Å²) in [6, 6.07) is 8.79. The molecule has 0 unspecified atom stereocenters. The number of rotatable bonds is 3. The third-order valence-electron chi connectivity index (χ3n) is 2.74. The average molecular weight is 260 g/mol. The summed E-state index contributed by atoms with van der Waals surface area (Å²) in [5.74, 6) is -1.48. The lowest BCUT2D eigenvalue weighted by atomic mass is 10.1. The number of hydrogen-bond donors (Lipinski definition) is 3. The van der Waals surface area contributed by atoms with Gasteiger partial charge < -0.3 is 16.2 Å². The van der Waals surface area contributed by atoms with E-state index in [1.165, 1.54) is 18.2 Å². The van der Waals surface area contributed by atoms with Gasteiger partial charge in [0.25, 0.3) is 0 Å². The Balaban J connectivity index is 2.43. The maximum absolute atomic E-state index is 13.2. The molecule has 2 rings (SSSR count). The largest absolute Gasteiger partial charge is 0.478 e. The van der Waals surface area contributed by atoms with E-state index in [0.29, 0.717) is 17.1 Å². The molecule has 19 heavy (non-hydrogen) atoms. The van der Waals surface area contributed by atoms with Crippen molar-refractivity contribution >= 4 is 23.0 Å². The fourth-order valence-electron chi connectivity index (χ4n) is 1.72. The SMILES string of the molecule is Cc1ccc(F)cc1Nc1ccc(N)cc1C(=O)O. The highest BCUT2D eigenvalue weighted by Crippen LogP contribution is 2.25. The molecule has 0 saturated carbocycles. The normalized spacial score (nSPS) is 10.2. The van der Waals surface area contributed by atoms with Crippen LogP contribution in [0.25, 0.3) is 0 Å². The lowest BCUT2D eigenvalue weighted by Gasteiger charge is -2.12. The molecule has 0 aliphatic heterocycles. The van der Waals surface area contributed by atoms with Crippen LogP contribution in [0.1, 0.15) is 15.9 Å². The van der Waals surface area contributed by atoms with Crippen molar-refractivity contribution in [3.8, 4) is 0 Å². The lowest BCUT2D eigenvalue weighted by molar-refractivity contribution is 0.0698. The summed E-state index contributed by atoms with van der Waals surface area (Å²) < 4.78 is 13.2. The summed E-state index contributed by atoms with van der Waals surface area (Å²) in [5, 5.41) is 12.0. The molecule has 0 aliphatic rings. The van der Waals surface area contributed by atoms with E-state index in [9.17, 15) is 9.18 Å². The van der Waals surface area contributed by atoms with E-state index >= 15 is 0 Å². The Labute approximate surface area is 109 Å². The van der Waals surface area contributed by atoms with Gasteiger partial charge in [-0.25, -0.2) is 9.18 Å². The summed E-state index contributed by atoms with van der Waals surface area (Å²) in [5.41, 5.74) is 7.67. The van der Waals surface area contributed by atoms with Crippen LogP contribution in [-0.2, 0) is 0 Å². The van der Waals surface area contributed by atoms with Gasteiger partial charge in [0.05, 0.1) is 11.3 Å². The van der Waals surface area contributed by atoms with E-state index in [-0.39, 0.29) is 11.4 Å². The van der Waals surface area contributed by atoms with E-state index in [4.69, 9.17) is 10.8 Å². The second kappa shape index (κ2) is 4.97. The smallest absolute Gasteiger partial charge is 0.337 e. The first-order valence-corrected chi connectivity index (χ1v) is 5.63. The summed E-state index contributed by atoms with van der Waals surface area (Å²) in [6.45, 7) is 1.81. The second-order valence-electron chi connectivity index (χ2n) is 4.19. The number of benzene rings is 2. The van der Waals surface area contributed by atoms with Crippen LogP contribution in [0.2, 0.25) is 0 Å². The van der Waals surface area contributed by atoms with Gasteiger partial charge in [-0.15, -0.1) is 0 Å². The minimum Gasteiger partial charge on any atom is -0.478 e. The van der Waals surface area contributed by atoms with Gasteiger partial charge in [-0.1, -0.05) is 6.07 Å². The standard InChI is InChI=1S/C14H13FN2O2/c1-8-2-3-9(15)6-13(8)17-12-5-4-10(16)7-11(12)14(18)19/h2-7,17H,16H2,1H3,(H,18,19). The predicted molar refractivity (Wildman–Crippen MR) is 72.2 cm³/mol. The predicted octanol–water partition coefficient (Wildman–Crippen LogP) is 3.16. The number of aromatic carboxylic acids is 1. The van der Waals surface area contributed by atoms with Gasteiger partial charge in [-0.2, -0.15) is 0 Å². The number of nitrogens with two attached hydrogens (primary N) is 1. The van der Waals surface area contributed by atoms with Gasteiger partial charge in [0, 0.05) is 11.4 Å².